The number of benzene rings is 2. The number of aromatic nitrogens is 1. The number of carbonyl (C=O) groups is 2. The summed E-state index contributed by atoms with van der Waals surface area (Å²) in [5.41, 5.74) is 3.75. The first-order valence-electron chi connectivity index (χ1n) is 10.6. The van der Waals surface area contributed by atoms with E-state index < -0.39 is 5.97 Å². The maximum Gasteiger partial charge on any atom is 0.325 e. The van der Waals surface area contributed by atoms with Crippen LogP contribution in [-0.4, -0.2) is 52.1 Å². The lowest BCUT2D eigenvalue weighted by molar-refractivity contribution is -0.140. The molecule has 4 rings (SSSR count). The molecular weight excluding hydrogens is 441 g/mol. The lowest BCUT2D eigenvalue weighted by atomic mass is 10.1. The van der Waals surface area contributed by atoms with Crippen molar-refractivity contribution >= 4 is 46.2 Å². The van der Waals surface area contributed by atoms with Gasteiger partial charge in [-0.25, -0.2) is 4.39 Å². The summed E-state index contributed by atoms with van der Waals surface area (Å²) in [7, 11) is 2.87. The molecule has 1 saturated heterocycles. The molecule has 2 aromatic carbocycles. The van der Waals surface area contributed by atoms with Crippen LogP contribution in [0.5, 0.6) is 0 Å². The van der Waals surface area contributed by atoms with Crippen LogP contribution >= 0.6 is 12.2 Å². The van der Waals surface area contributed by atoms with Crippen LogP contribution in [0, 0.1) is 5.82 Å². The van der Waals surface area contributed by atoms with Crippen molar-refractivity contribution in [2.45, 2.75) is 19.9 Å². The van der Waals surface area contributed by atoms with Gasteiger partial charge in [-0.1, -0.05) is 43.3 Å². The summed E-state index contributed by atoms with van der Waals surface area (Å²) in [6, 6.07) is 12.7. The van der Waals surface area contributed by atoms with Crippen molar-refractivity contribution in [3.05, 3.63) is 76.9 Å². The third-order valence-electron chi connectivity index (χ3n) is 5.83. The highest BCUT2D eigenvalue weighted by Gasteiger charge is 2.37. The van der Waals surface area contributed by atoms with E-state index in [9.17, 15) is 14.0 Å². The number of carbonyl (C=O) groups excluding carboxylic acids is 2. The Balaban J connectivity index is 1.86. The third-order valence-corrected chi connectivity index (χ3v) is 6.33. The van der Waals surface area contributed by atoms with E-state index in [2.05, 4.69) is 6.92 Å². The first kappa shape index (κ1) is 22.7. The maximum atomic E-state index is 14.4. The number of methoxy groups -OCH3 is 1. The van der Waals surface area contributed by atoms with Gasteiger partial charge < -0.3 is 14.2 Å². The minimum absolute atomic E-state index is 0.161. The van der Waals surface area contributed by atoms with Gasteiger partial charge >= 0.3 is 5.97 Å². The van der Waals surface area contributed by atoms with E-state index in [1.807, 2.05) is 35.0 Å². The molecule has 1 amide bonds. The summed E-state index contributed by atoms with van der Waals surface area (Å²) >= 11 is 5.38. The number of hydrogen-bond acceptors (Lipinski definition) is 4. The smallest absolute Gasteiger partial charge is 0.325 e. The number of aryl methyl sites for hydroxylation is 1. The molecule has 0 bridgehead atoms. The molecule has 170 valence electrons. The van der Waals surface area contributed by atoms with Gasteiger partial charge in [-0.3, -0.25) is 14.5 Å². The zero-order valence-electron chi connectivity index (χ0n) is 18.7. The van der Waals surface area contributed by atoms with Gasteiger partial charge in [-0.2, -0.15) is 0 Å². The number of thiocarbonyl (C=S) groups is 1. The first-order chi connectivity index (χ1) is 15.8. The average Bonchev–Trinajstić information content (AvgIpc) is 3.26. The summed E-state index contributed by atoms with van der Waals surface area (Å²) in [6.07, 6.45) is 4.45. The van der Waals surface area contributed by atoms with E-state index in [1.54, 1.807) is 25.3 Å². The Morgan fingerprint density at radius 3 is 2.58 bits per heavy atom. The number of fused-ring (bicyclic) bond motifs is 1. The highest BCUT2D eigenvalue weighted by molar-refractivity contribution is 7.80. The Morgan fingerprint density at radius 1 is 1.15 bits per heavy atom. The van der Waals surface area contributed by atoms with Crippen molar-refractivity contribution in [2.75, 3.05) is 20.7 Å². The molecule has 1 aliphatic rings. The van der Waals surface area contributed by atoms with Crippen LogP contribution < -0.4 is 0 Å². The second-order valence-electron chi connectivity index (χ2n) is 7.81. The third kappa shape index (κ3) is 4.14. The fourth-order valence-electron chi connectivity index (χ4n) is 4.09. The number of para-hydroxylation sites is 1. The Hall–Kier alpha value is -3.52. The number of halogens is 1. The quantitative estimate of drug-likeness (QED) is 0.313. The van der Waals surface area contributed by atoms with Gasteiger partial charge in [-0.15, -0.1) is 0 Å². The average molecular weight is 466 g/mol. The molecule has 8 heteroatoms. The Kier molecular flexibility index (Phi) is 6.29. The van der Waals surface area contributed by atoms with Gasteiger partial charge in [0.15, 0.2) is 5.11 Å². The monoisotopic (exact) mass is 465 g/mol. The Bertz CT molecular complexity index is 1300. The van der Waals surface area contributed by atoms with Crippen molar-refractivity contribution in [3.8, 4) is 0 Å². The molecule has 0 saturated carbocycles. The first-order valence-corrected chi connectivity index (χ1v) is 11.0. The topological polar surface area (TPSA) is 54.8 Å². The molecule has 1 aliphatic heterocycles. The number of hydrogen-bond donors (Lipinski definition) is 0. The molecule has 0 atom stereocenters. The number of ether oxygens (including phenoxy) is 1. The molecule has 1 aromatic heterocycles. The van der Waals surface area contributed by atoms with Gasteiger partial charge in [-0.05, 0) is 36.3 Å². The maximum absolute atomic E-state index is 14.4. The standard InChI is InChI=1S/C25H24FN3O3S/c1-4-16-9-7-10-19-18(14-28(23(16)19)13-17-8-5-6-11-20(17)26)12-21-24(31)27(2)25(33)29(21)15-22(30)32-3/h5-12,14H,4,13,15H2,1-3H3/b21-12-. The van der Waals surface area contributed by atoms with E-state index in [-0.39, 0.29) is 23.4 Å². The second kappa shape index (κ2) is 9.15. The summed E-state index contributed by atoms with van der Waals surface area (Å²) in [4.78, 5) is 27.7. The van der Waals surface area contributed by atoms with Crippen molar-refractivity contribution in [1.82, 2.24) is 14.4 Å². The molecule has 0 aliphatic carbocycles. The number of nitrogens with zero attached hydrogens (tertiary/aromatic N) is 3. The Morgan fingerprint density at radius 2 is 1.88 bits per heavy atom. The predicted octanol–water partition coefficient (Wildman–Crippen LogP) is 3.96. The molecule has 1 fully saturated rings. The van der Waals surface area contributed by atoms with Crippen molar-refractivity contribution in [3.63, 3.8) is 0 Å². The second-order valence-corrected chi connectivity index (χ2v) is 8.17. The minimum atomic E-state index is -0.499. The highest BCUT2D eigenvalue weighted by Crippen LogP contribution is 2.30. The minimum Gasteiger partial charge on any atom is -0.468 e. The molecule has 0 unspecified atom stereocenters. The number of amides is 1. The van der Waals surface area contributed by atoms with Crippen molar-refractivity contribution < 1.29 is 18.7 Å². The van der Waals surface area contributed by atoms with Gasteiger partial charge in [0.2, 0.25) is 0 Å². The fourth-order valence-corrected chi connectivity index (χ4v) is 4.34. The number of likely N-dealkylation sites (N-methyl/N-ethyl adjacent to an activating group) is 1. The van der Waals surface area contributed by atoms with E-state index in [0.717, 1.165) is 28.5 Å². The van der Waals surface area contributed by atoms with Crippen LogP contribution in [0.1, 0.15) is 23.6 Å². The van der Waals surface area contributed by atoms with Gasteiger partial charge in [0.05, 0.1) is 19.2 Å². The van der Waals surface area contributed by atoms with Gasteiger partial charge in [0, 0.05) is 29.8 Å². The van der Waals surface area contributed by atoms with Gasteiger partial charge in [0.1, 0.15) is 18.1 Å². The van der Waals surface area contributed by atoms with Crippen LogP contribution in [0.4, 0.5) is 4.39 Å². The Labute approximate surface area is 196 Å². The summed E-state index contributed by atoms with van der Waals surface area (Å²) in [5, 5.41) is 1.17. The van der Waals surface area contributed by atoms with E-state index in [1.165, 1.54) is 23.0 Å². The molecule has 3 aromatic rings. The SMILES string of the molecule is CCc1cccc2c(/C=C3/C(=O)N(C)C(=S)N3CC(=O)OC)cn(Cc3ccccc3F)c12. The van der Waals surface area contributed by atoms with Crippen molar-refractivity contribution in [2.24, 2.45) is 0 Å². The molecular formula is C25H24FN3O3S. The molecule has 0 N–H and O–H groups in total. The molecule has 0 radical (unpaired) electrons. The summed E-state index contributed by atoms with van der Waals surface area (Å²) < 4.78 is 21.2. The van der Waals surface area contributed by atoms with Crippen LogP contribution in [0.2, 0.25) is 0 Å². The zero-order valence-corrected chi connectivity index (χ0v) is 19.5. The fraction of sp³-hybridized carbons (Fsp3) is 0.240. The summed E-state index contributed by atoms with van der Waals surface area (Å²) in [6.45, 7) is 2.26. The lowest BCUT2D eigenvalue weighted by Crippen LogP contribution is -2.33. The molecule has 0 spiro atoms. The molecule has 6 nitrogen and oxygen atoms in total. The van der Waals surface area contributed by atoms with Gasteiger partial charge in [0.25, 0.3) is 5.91 Å². The molecule has 33 heavy (non-hydrogen) atoms. The molecule has 2 heterocycles. The lowest BCUT2D eigenvalue weighted by Gasteiger charge is -2.16. The van der Waals surface area contributed by atoms with E-state index >= 15 is 0 Å². The number of esters is 1. The normalized spacial score (nSPS) is 15.2. The van der Waals surface area contributed by atoms with Crippen LogP contribution in [0.25, 0.3) is 17.0 Å². The van der Waals surface area contributed by atoms with Crippen LogP contribution in [0.15, 0.2) is 54.4 Å². The highest BCUT2D eigenvalue weighted by atomic mass is 32.1. The van der Waals surface area contributed by atoms with Crippen LogP contribution in [0.3, 0.4) is 0 Å². The van der Waals surface area contributed by atoms with Crippen molar-refractivity contribution in [1.29, 1.82) is 0 Å². The van der Waals surface area contributed by atoms with E-state index in [4.69, 9.17) is 17.0 Å². The number of rotatable bonds is 6. The summed E-state index contributed by atoms with van der Waals surface area (Å²) in [5.74, 6) is -1.07. The van der Waals surface area contributed by atoms with E-state index in [0.29, 0.717) is 17.8 Å². The predicted molar refractivity (Wildman–Crippen MR) is 129 cm³/mol. The van der Waals surface area contributed by atoms with Crippen LogP contribution in [-0.2, 0) is 27.3 Å². The largest absolute Gasteiger partial charge is 0.468 e. The zero-order chi connectivity index (χ0) is 23.7.